The predicted octanol–water partition coefficient (Wildman–Crippen LogP) is 2.17. The number of amides is 1. The lowest BCUT2D eigenvalue weighted by Gasteiger charge is -2.11. The highest BCUT2D eigenvalue weighted by atomic mass is 127. The zero-order chi connectivity index (χ0) is 12.4. The van der Waals surface area contributed by atoms with Crippen LogP contribution in [0, 0.1) is 3.57 Å². The molecule has 0 unspecified atom stereocenters. The lowest BCUT2D eigenvalue weighted by molar-refractivity contribution is 0.146. The fourth-order valence-corrected chi connectivity index (χ4v) is 2.19. The Labute approximate surface area is 112 Å². The molecule has 4 N–H and O–H groups in total. The standard InChI is InChI=1S/C11H12IN3O2/c12-8-1-2-9-7(6-14-10(9)5-8)3-4-15(13)11(16)17/h1-2,5-6,14H,3-4,13H2,(H,16,17). The molecule has 6 heteroatoms. The Bertz CT molecular complexity index is 553. The lowest BCUT2D eigenvalue weighted by Crippen LogP contribution is -2.37. The molecular formula is C11H12IN3O2. The summed E-state index contributed by atoms with van der Waals surface area (Å²) >= 11 is 2.25. The molecule has 0 fully saturated rings. The second-order valence-electron chi connectivity index (χ2n) is 3.73. The van der Waals surface area contributed by atoms with Crippen molar-refractivity contribution in [2.75, 3.05) is 6.54 Å². The topological polar surface area (TPSA) is 82.3 Å². The number of hydrogen-bond acceptors (Lipinski definition) is 2. The van der Waals surface area contributed by atoms with Crippen LogP contribution in [0.5, 0.6) is 0 Å². The first-order valence-electron chi connectivity index (χ1n) is 5.08. The minimum Gasteiger partial charge on any atom is -0.464 e. The molecule has 0 bridgehead atoms. The Kier molecular flexibility index (Phi) is 3.53. The third kappa shape index (κ3) is 2.70. The first-order chi connectivity index (χ1) is 8.08. The van der Waals surface area contributed by atoms with Gasteiger partial charge >= 0.3 is 6.09 Å². The summed E-state index contributed by atoms with van der Waals surface area (Å²) in [5.74, 6) is 5.32. The summed E-state index contributed by atoms with van der Waals surface area (Å²) in [6.07, 6.45) is 1.39. The first-order valence-corrected chi connectivity index (χ1v) is 6.16. The van der Waals surface area contributed by atoms with E-state index in [0.717, 1.165) is 25.0 Å². The van der Waals surface area contributed by atoms with Gasteiger partial charge in [0.2, 0.25) is 0 Å². The van der Waals surface area contributed by atoms with Crippen molar-refractivity contribution in [1.82, 2.24) is 9.99 Å². The molecule has 0 radical (unpaired) electrons. The molecule has 0 aliphatic heterocycles. The molecular weight excluding hydrogens is 333 g/mol. The van der Waals surface area contributed by atoms with E-state index >= 15 is 0 Å². The normalized spacial score (nSPS) is 10.7. The van der Waals surface area contributed by atoms with Gasteiger partial charge in [0.05, 0.1) is 0 Å². The number of hydrogen-bond donors (Lipinski definition) is 3. The zero-order valence-corrected chi connectivity index (χ0v) is 11.1. The van der Waals surface area contributed by atoms with E-state index in [1.54, 1.807) is 0 Å². The smallest absolute Gasteiger partial charge is 0.421 e. The summed E-state index contributed by atoms with van der Waals surface area (Å²) in [7, 11) is 0. The second-order valence-corrected chi connectivity index (χ2v) is 4.98. The number of nitrogens with two attached hydrogens (primary N) is 1. The van der Waals surface area contributed by atoms with E-state index < -0.39 is 6.09 Å². The molecule has 5 nitrogen and oxygen atoms in total. The van der Waals surface area contributed by atoms with Crippen molar-refractivity contribution in [3.05, 3.63) is 33.5 Å². The highest BCUT2D eigenvalue weighted by Crippen LogP contribution is 2.20. The van der Waals surface area contributed by atoms with Gasteiger partial charge < -0.3 is 10.1 Å². The van der Waals surface area contributed by atoms with Gasteiger partial charge in [0.25, 0.3) is 0 Å². The predicted molar refractivity (Wildman–Crippen MR) is 73.6 cm³/mol. The Morgan fingerprint density at radius 3 is 3.00 bits per heavy atom. The van der Waals surface area contributed by atoms with Gasteiger partial charge in [-0.15, -0.1) is 0 Å². The number of benzene rings is 1. The zero-order valence-electron chi connectivity index (χ0n) is 8.98. The van der Waals surface area contributed by atoms with Crippen LogP contribution in [0.1, 0.15) is 5.56 Å². The van der Waals surface area contributed by atoms with Crippen LogP contribution in [-0.2, 0) is 6.42 Å². The van der Waals surface area contributed by atoms with Gasteiger partial charge in [0.1, 0.15) is 0 Å². The van der Waals surface area contributed by atoms with Crippen molar-refractivity contribution in [3.8, 4) is 0 Å². The summed E-state index contributed by atoms with van der Waals surface area (Å²) in [6.45, 7) is 0.286. The molecule has 0 saturated heterocycles. The van der Waals surface area contributed by atoms with E-state index in [1.807, 2.05) is 18.3 Å². The third-order valence-electron chi connectivity index (χ3n) is 2.60. The number of hydrazine groups is 1. The molecule has 0 saturated carbocycles. The number of aromatic nitrogens is 1. The van der Waals surface area contributed by atoms with Crippen LogP contribution >= 0.6 is 22.6 Å². The van der Waals surface area contributed by atoms with Crippen LogP contribution in [0.25, 0.3) is 10.9 Å². The van der Waals surface area contributed by atoms with Crippen LogP contribution in [0.2, 0.25) is 0 Å². The Morgan fingerprint density at radius 2 is 2.29 bits per heavy atom. The molecule has 1 amide bonds. The van der Waals surface area contributed by atoms with Crippen molar-refractivity contribution < 1.29 is 9.90 Å². The van der Waals surface area contributed by atoms with Crippen LogP contribution in [-0.4, -0.2) is 27.7 Å². The number of aromatic amines is 1. The Morgan fingerprint density at radius 1 is 1.53 bits per heavy atom. The number of H-pyrrole nitrogens is 1. The van der Waals surface area contributed by atoms with Crippen molar-refractivity contribution in [2.45, 2.75) is 6.42 Å². The summed E-state index contributed by atoms with van der Waals surface area (Å²) in [6, 6.07) is 6.11. The quantitative estimate of drug-likeness (QED) is 0.345. The van der Waals surface area contributed by atoms with E-state index in [9.17, 15) is 4.79 Å². The van der Waals surface area contributed by atoms with E-state index in [-0.39, 0.29) is 6.54 Å². The largest absolute Gasteiger partial charge is 0.464 e. The van der Waals surface area contributed by atoms with Crippen molar-refractivity contribution in [3.63, 3.8) is 0 Å². The lowest BCUT2D eigenvalue weighted by atomic mass is 10.1. The number of fused-ring (bicyclic) bond motifs is 1. The van der Waals surface area contributed by atoms with Crippen molar-refractivity contribution in [2.24, 2.45) is 5.84 Å². The van der Waals surface area contributed by atoms with Crippen molar-refractivity contribution >= 4 is 39.6 Å². The molecule has 0 spiro atoms. The number of nitrogens with one attached hydrogen (secondary N) is 1. The molecule has 1 aromatic carbocycles. The molecule has 90 valence electrons. The van der Waals surface area contributed by atoms with E-state index in [1.165, 1.54) is 0 Å². The minimum atomic E-state index is -1.11. The average molecular weight is 345 g/mol. The van der Waals surface area contributed by atoms with Gasteiger partial charge in [-0.05, 0) is 46.7 Å². The summed E-state index contributed by atoms with van der Waals surface area (Å²) in [4.78, 5) is 13.7. The van der Waals surface area contributed by atoms with Gasteiger partial charge in [-0.25, -0.2) is 15.6 Å². The molecule has 1 heterocycles. The molecule has 0 aliphatic rings. The minimum absolute atomic E-state index is 0.286. The fraction of sp³-hybridized carbons (Fsp3) is 0.182. The van der Waals surface area contributed by atoms with Crippen LogP contribution in [0.15, 0.2) is 24.4 Å². The van der Waals surface area contributed by atoms with Gasteiger partial charge in [0.15, 0.2) is 0 Å². The van der Waals surface area contributed by atoms with E-state index in [0.29, 0.717) is 6.42 Å². The summed E-state index contributed by atoms with van der Waals surface area (Å²) < 4.78 is 1.16. The maximum atomic E-state index is 10.6. The fourth-order valence-electron chi connectivity index (χ4n) is 1.70. The summed E-state index contributed by atoms with van der Waals surface area (Å²) in [5, 5.41) is 10.6. The SMILES string of the molecule is NN(CCc1c[nH]c2cc(I)ccc12)C(=O)O. The van der Waals surface area contributed by atoms with Gasteiger partial charge in [-0.2, -0.15) is 0 Å². The molecule has 2 rings (SSSR count). The molecule has 1 aromatic heterocycles. The molecule has 17 heavy (non-hydrogen) atoms. The van der Waals surface area contributed by atoms with Crippen LogP contribution in [0.3, 0.4) is 0 Å². The number of carboxylic acid groups (broad SMARTS) is 1. The maximum Gasteiger partial charge on any atom is 0.421 e. The van der Waals surface area contributed by atoms with Gasteiger partial charge in [-0.1, -0.05) is 6.07 Å². The highest BCUT2D eigenvalue weighted by Gasteiger charge is 2.08. The average Bonchev–Trinajstić information content (AvgIpc) is 2.67. The molecule has 0 aliphatic carbocycles. The van der Waals surface area contributed by atoms with Gasteiger partial charge in [-0.3, -0.25) is 0 Å². The third-order valence-corrected chi connectivity index (χ3v) is 3.27. The van der Waals surface area contributed by atoms with Crippen LogP contribution in [0.4, 0.5) is 4.79 Å². The maximum absolute atomic E-state index is 10.6. The number of rotatable bonds is 3. The van der Waals surface area contributed by atoms with Crippen molar-refractivity contribution in [1.29, 1.82) is 0 Å². The number of carbonyl (C=O) groups is 1. The molecule has 0 atom stereocenters. The molecule has 2 aromatic rings. The highest BCUT2D eigenvalue weighted by molar-refractivity contribution is 14.1. The van der Waals surface area contributed by atoms with E-state index in [4.69, 9.17) is 10.9 Å². The Balaban J connectivity index is 2.17. The second kappa shape index (κ2) is 4.92. The van der Waals surface area contributed by atoms with Crippen LogP contribution < -0.4 is 5.84 Å². The Hall–Kier alpha value is -1.28. The monoisotopic (exact) mass is 345 g/mol. The van der Waals surface area contributed by atoms with Gasteiger partial charge in [0, 0.05) is 27.2 Å². The van der Waals surface area contributed by atoms with E-state index in [2.05, 4.69) is 33.6 Å². The first kappa shape index (κ1) is 12.2. The number of nitrogens with zero attached hydrogens (tertiary/aromatic N) is 1. The summed E-state index contributed by atoms with van der Waals surface area (Å²) in [5.41, 5.74) is 2.14. The number of halogens is 1.